The maximum Gasteiger partial charge on any atom is 0.0982 e. The molecule has 0 aromatic heterocycles. The molecule has 3 aromatic rings. The molecular weight excluding hydrogens is 383 g/mol. The average Bonchev–Trinajstić information content (AvgIpc) is 2.69. The number of rotatable bonds is 5. The van der Waals surface area contributed by atoms with E-state index < -0.39 is 12.1 Å². The van der Waals surface area contributed by atoms with Crippen LogP contribution in [0.4, 0.5) is 5.69 Å². The fourth-order valence-corrected chi connectivity index (χ4v) is 3.17. The van der Waals surface area contributed by atoms with Crippen LogP contribution in [0.2, 0.25) is 10.0 Å². The van der Waals surface area contributed by atoms with Gasteiger partial charge in [-0.05, 0) is 53.6 Å². The van der Waals surface area contributed by atoms with Gasteiger partial charge in [0.2, 0.25) is 0 Å². The lowest BCUT2D eigenvalue weighted by Crippen LogP contribution is -2.19. The molecule has 0 saturated heterocycles. The molecule has 0 spiro atoms. The molecule has 0 bridgehead atoms. The highest BCUT2D eigenvalue weighted by Gasteiger charge is 2.19. The maximum absolute atomic E-state index is 11.5. The molecule has 0 fully saturated rings. The Morgan fingerprint density at radius 1 is 0.889 bits per heavy atom. The van der Waals surface area contributed by atoms with Gasteiger partial charge in [0, 0.05) is 5.69 Å². The SMILES string of the molecule is CN([O-])c1cccc(-c2ccc([C@@H](O)[C@@H](N)c3ccc(Cl)c(Cl)c3)cc2)c1. The van der Waals surface area contributed by atoms with Gasteiger partial charge in [0.15, 0.2) is 0 Å². The molecule has 0 heterocycles. The van der Waals surface area contributed by atoms with Crippen LogP contribution in [0.25, 0.3) is 11.1 Å². The number of benzene rings is 3. The largest absolute Gasteiger partial charge is 0.758 e. The molecule has 0 aliphatic carbocycles. The van der Waals surface area contributed by atoms with Crippen molar-refractivity contribution >= 4 is 28.9 Å². The zero-order valence-electron chi connectivity index (χ0n) is 14.6. The smallest absolute Gasteiger partial charge is 0.0982 e. The minimum atomic E-state index is -0.893. The van der Waals surface area contributed by atoms with Gasteiger partial charge in [-0.15, -0.1) is 0 Å². The van der Waals surface area contributed by atoms with Crippen molar-refractivity contribution in [3.05, 3.63) is 93.1 Å². The van der Waals surface area contributed by atoms with Crippen LogP contribution in [-0.2, 0) is 0 Å². The number of hydrogen-bond donors (Lipinski definition) is 2. The molecule has 0 aliphatic heterocycles. The minimum Gasteiger partial charge on any atom is -0.758 e. The minimum absolute atomic E-state index is 0.399. The summed E-state index contributed by atoms with van der Waals surface area (Å²) in [7, 11) is 1.46. The van der Waals surface area contributed by atoms with Gasteiger partial charge < -0.3 is 21.1 Å². The third kappa shape index (κ3) is 4.43. The predicted molar refractivity (Wildman–Crippen MR) is 112 cm³/mol. The number of aliphatic hydroxyl groups is 1. The van der Waals surface area contributed by atoms with Crippen LogP contribution in [0.15, 0.2) is 66.7 Å². The van der Waals surface area contributed by atoms with Crippen molar-refractivity contribution in [3.63, 3.8) is 0 Å². The van der Waals surface area contributed by atoms with E-state index in [1.165, 1.54) is 7.05 Å². The Balaban J connectivity index is 1.82. The molecule has 0 radical (unpaired) electrons. The highest BCUT2D eigenvalue weighted by molar-refractivity contribution is 6.42. The number of aliphatic hydroxyl groups excluding tert-OH is 1. The number of halogens is 2. The van der Waals surface area contributed by atoms with Crippen molar-refractivity contribution in [2.24, 2.45) is 5.73 Å². The van der Waals surface area contributed by atoms with E-state index in [-0.39, 0.29) is 0 Å². The number of anilines is 1. The zero-order valence-corrected chi connectivity index (χ0v) is 16.2. The molecule has 27 heavy (non-hydrogen) atoms. The molecule has 0 aliphatic rings. The molecule has 4 nitrogen and oxygen atoms in total. The summed E-state index contributed by atoms with van der Waals surface area (Å²) < 4.78 is 0. The second-order valence-electron chi connectivity index (χ2n) is 6.31. The average molecular weight is 402 g/mol. The van der Waals surface area contributed by atoms with Crippen LogP contribution >= 0.6 is 23.2 Å². The highest BCUT2D eigenvalue weighted by atomic mass is 35.5. The Morgan fingerprint density at radius 2 is 1.56 bits per heavy atom. The lowest BCUT2D eigenvalue weighted by molar-refractivity contribution is 0.147. The first-order chi connectivity index (χ1) is 12.9. The first-order valence-electron chi connectivity index (χ1n) is 8.36. The number of nitrogens with two attached hydrogens (primary N) is 1. The van der Waals surface area contributed by atoms with Crippen LogP contribution in [-0.4, -0.2) is 12.2 Å². The van der Waals surface area contributed by atoms with Gasteiger partial charge in [-0.3, -0.25) is 0 Å². The van der Waals surface area contributed by atoms with E-state index in [1.54, 1.807) is 24.3 Å². The van der Waals surface area contributed by atoms with Crippen LogP contribution in [0, 0.1) is 5.21 Å². The summed E-state index contributed by atoms with van der Waals surface area (Å²) in [5, 5.41) is 23.8. The molecule has 0 unspecified atom stereocenters. The predicted octanol–water partition coefficient (Wildman–Crippen LogP) is 5.33. The van der Waals surface area contributed by atoms with Crippen molar-refractivity contribution in [1.29, 1.82) is 0 Å². The van der Waals surface area contributed by atoms with Gasteiger partial charge in [0.25, 0.3) is 0 Å². The first kappa shape index (κ1) is 19.7. The lowest BCUT2D eigenvalue weighted by atomic mass is 9.95. The molecule has 3 N–H and O–H groups in total. The van der Waals surface area contributed by atoms with Gasteiger partial charge >= 0.3 is 0 Å². The van der Waals surface area contributed by atoms with Crippen LogP contribution in [0.5, 0.6) is 0 Å². The van der Waals surface area contributed by atoms with Gasteiger partial charge in [0.1, 0.15) is 0 Å². The topological polar surface area (TPSA) is 72.5 Å². The summed E-state index contributed by atoms with van der Waals surface area (Å²) in [4.78, 5) is 0. The third-order valence-corrected chi connectivity index (χ3v) is 5.20. The molecule has 3 aromatic carbocycles. The summed E-state index contributed by atoms with van der Waals surface area (Å²) >= 11 is 12.0. The summed E-state index contributed by atoms with van der Waals surface area (Å²) in [6.07, 6.45) is -0.893. The molecule has 0 amide bonds. The summed E-state index contributed by atoms with van der Waals surface area (Å²) in [5.74, 6) is 0. The Kier molecular flexibility index (Phi) is 6.05. The van der Waals surface area contributed by atoms with Gasteiger partial charge in [-0.2, -0.15) is 0 Å². The quantitative estimate of drug-likeness (QED) is 0.566. The van der Waals surface area contributed by atoms with Crippen molar-refractivity contribution in [1.82, 2.24) is 0 Å². The number of hydrogen-bond acceptors (Lipinski definition) is 4. The van der Waals surface area contributed by atoms with Crippen molar-refractivity contribution in [2.75, 3.05) is 12.1 Å². The van der Waals surface area contributed by atoms with Crippen molar-refractivity contribution in [2.45, 2.75) is 12.1 Å². The molecule has 2 atom stereocenters. The van der Waals surface area contributed by atoms with E-state index >= 15 is 0 Å². The second kappa shape index (κ2) is 8.30. The van der Waals surface area contributed by atoms with E-state index in [0.717, 1.165) is 16.2 Å². The van der Waals surface area contributed by atoms with Gasteiger partial charge in [0.05, 0.1) is 22.2 Å². The fourth-order valence-electron chi connectivity index (χ4n) is 2.86. The molecule has 6 heteroatoms. The standard InChI is InChI=1S/C21H19Cl2N2O2/c1-25(27)17-4-2-3-15(11-17)13-5-7-14(8-6-13)21(26)20(24)16-9-10-18(22)19(23)12-16/h2-12,20-21,26H,24H2,1H3/q-1/t20-,21+/m0/s1. The summed E-state index contributed by atoms with van der Waals surface area (Å²) in [6.45, 7) is 0. The van der Waals surface area contributed by atoms with Crippen molar-refractivity contribution < 1.29 is 5.11 Å². The number of hydroxylamine groups is 1. The van der Waals surface area contributed by atoms with E-state index in [1.807, 2.05) is 42.5 Å². The summed E-state index contributed by atoms with van der Waals surface area (Å²) in [5.41, 5.74) is 10.0. The van der Waals surface area contributed by atoms with Gasteiger partial charge in [-0.25, -0.2) is 0 Å². The Hall–Kier alpha value is -2.08. The van der Waals surface area contributed by atoms with E-state index in [4.69, 9.17) is 28.9 Å². The Bertz CT molecular complexity index is 930. The second-order valence-corrected chi connectivity index (χ2v) is 7.13. The number of nitrogens with zero attached hydrogens (tertiary/aromatic N) is 1. The van der Waals surface area contributed by atoms with E-state index in [2.05, 4.69) is 0 Å². The van der Waals surface area contributed by atoms with Crippen LogP contribution in [0.3, 0.4) is 0 Å². The zero-order chi connectivity index (χ0) is 19.6. The molecule has 0 saturated carbocycles. The molecule has 140 valence electrons. The van der Waals surface area contributed by atoms with E-state index in [0.29, 0.717) is 26.9 Å². The Morgan fingerprint density at radius 3 is 2.19 bits per heavy atom. The normalized spacial score (nSPS) is 13.3. The fraction of sp³-hybridized carbons (Fsp3) is 0.143. The van der Waals surface area contributed by atoms with Crippen molar-refractivity contribution in [3.8, 4) is 11.1 Å². The van der Waals surface area contributed by atoms with Gasteiger partial charge in [-0.1, -0.05) is 65.7 Å². The Labute approximate surface area is 168 Å². The summed E-state index contributed by atoms with van der Waals surface area (Å²) in [6, 6.07) is 19.2. The molecular formula is C21H19Cl2N2O2-. The first-order valence-corrected chi connectivity index (χ1v) is 9.12. The maximum atomic E-state index is 11.5. The van der Waals surface area contributed by atoms with Crippen LogP contribution < -0.4 is 10.8 Å². The van der Waals surface area contributed by atoms with Crippen LogP contribution in [0.1, 0.15) is 23.3 Å². The van der Waals surface area contributed by atoms with E-state index in [9.17, 15) is 10.3 Å². The lowest BCUT2D eigenvalue weighted by Gasteiger charge is -2.25. The third-order valence-electron chi connectivity index (χ3n) is 4.46. The monoisotopic (exact) mass is 401 g/mol. The highest BCUT2D eigenvalue weighted by Crippen LogP contribution is 2.32. The molecule has 3 rings (SSSR count).